The topological polar surface area (TPSA) is 37.6 Å². The van der Waals surface area contributed by atoms with Crippen LogP contribution in [0.2, 0.25) is 0 Å². The Labute approximate surface area is 110 Å². The summed E-state index contributed by atoms with van der Waals surface area (Å²) in [7, 11) is 0. The third kappa shape index (κ3) is 10.3. The van der Waals surface area contributed by atoms with Crippen molar-refractivity contribution >= 4 is 0 Å². The van der Waals surface area contributed by atoms with Gasteiger partial charge in [-0.2, -0.15) is 0 Å². The van der Waals surface area contributed by atoms with Crippen LogP contribution in [0.3, 0.4) is 0 Å². The van der Waals surface area contributed by atoms with Crippen molar-refractivity contribution < 1.29 is 14.2 Å². The minimum atomic E-state index is 0.530. The van der Waals surface area contributed by atoms with Crippen LogP contribution in [0.5, 0.6) is 0 Å². The highest BCUT2D eigenvalue weighted by Gasteiger charge is 2.20. The lowest BCUT2D eigenvalue weighted by Crippen LogP contribution is -1.75. The van der Waals surface area contributed by atoms with Crippen molar-refractivity contribution in [2.24, 2.45) is 0 Å². The van der Waals surface area contributed by atoms with Gasteiger partial charge in [-0.3, -0.25) is 0 Å². The molecular weight excluding hydrogens is 228 g/mol. The van der Waals surface area contributed by atoms with E-state index in [1.165, 1.54) is 0 Å². The van der Waals surface area contributed by atoms with E-state index in [9.17, 15) is 0 Å². The van der Waals surface area contributed by atoms with E-state index in [1.807, 2.05) is 18.2 Å². The van der Waals surface area contributed by atoms with Crippen LogP contribution in [0, 0.1) is 0 Å². The highest BCUT2D eigenvalue weighted by Crippen LogP contribution is 2.13. The molecule has 3 atom stereocenters. The zero-order valence-electron chi connectivity index (χ0n) is 11.1. The molecular formula is C15H24O3. The van der Waals surface area contributed by atoms with Crippen LogP contribution in [0.25, 0.3) is 0 Å². The summed E-state index contributed by atoms with van der Waals surface area (Å²) in [6.45, 7) is 13.5. The second-order valence-corrected chi connectivity index (χ2v) is 4.44. The van der Waals surface area contributed by atoms with Crippen molar-refractivity contribution in [1.82, 2.24) is 0 Å². The van der Waals surface area contributed by atoms with Gasteiger partial charge >= 0.3 is 0 Å². The summed E-state index contributed by atoms with van der Waals surface area (Å²) in [4.78, 5) is 0. The van der Waals surface area contributed by atoms with Gasteiger partial charge in [-0.05, 0) is 19.3 Å². The maximum atomic E-state index is 4.88. The van der Waals surface area contributed by atoms with Crippen molar-refractivity contribution in [2.45, 2.75) is 37.6 Å². The molecule has 3 rings (SSSR count). The first-order valence-electron chi connectivity index (χ1n) is 6.47. The van der Waals surface area contributed by atoms with E-state index in [0.29, 0.717) is 18.3 Å². The minimum Gasteiger partial charge on any atom is -0.373 e. The Hall–Kier alpha value is -0.900. The Morgan fingerprint density at radius 3 is 0.944 bits per heavy atom. The Bertz CT molecular complexity index is 208. The predicted octanol–water partition coefficient (Wildman–Crippen LogP) is 2.88. The molecule has 3 saturated heterocycles. The fourth-order valence-electron chi connectivity index (χ4n) is 1.17. The van der Waals surface area contributed by atoms with E-state index in [-0.39, 0.29) is 0 Å². The van der Waals surface area contributed by atoms with Crippen molar-refractivity contribution in [2.75, 3.05) is 19.8 Å². The van der Waals surface area contributed by atoms with Gasteiger partial charge in [0.1, 0.15) is 0 Å². The maximum absolute atomic E-state index is 4.88. The van der Waals surface area contributed by atoms with Gasteiger partial charge in [0.15, 0.2) is 0 Å². The van der Waals surface area contributed by atoms with Gasteiger partial charge in [0, 0.05) is 0 Å². The predicted molar refractivity (Wildman–Crippen MR) is 73.7 cm³/mol. The fraction of sp³-hybridized carbons (Fsp3) is 0.600. The first kappa shape index (κ1) is 15.2. The molecule has 3 nitrogen and oxygen atoms in total. The molecule has 0 bridgehead atoms. The summed E-state index contributed by atoms with van der Waals surface area (Å²) in [5, 5.41) is 0. The molecule has 3 fully saturated rings. The highest BCUT2D eigenvalue weighted by molar-refractivity contribution is 4.80. The number of rotatable bonds is 6. The average Bonchev–Trinajstić information content (AvgIpc) is 3.17. The quantitative estimate of drug-likeness (QED) is 0.539. The second kappa shape index (κ2) is 9.09. The van der Waals surface area contributed by atoms with E-state index in [1.54, 1.807) is 0 Å². The summed E-state index contributed by atoms with van der Waals surface area (Å²) in [6.07, 6.45) is 10.3. The number of hydrogen-bond acceptors (Lipinski definition) is 3. The standard InChI is InChI=1S/3C5H8O/c3*1-2-3-5-4-6-5/h3*2,5H,1,3-4H2. The van der Waals surface area contributed by atoms with E-state index in [2.05, 4.69) is 19.7 Å². The summed E-state index contributed by atoms with van der Waals surface area (Å²) in [5.41, 5.74) is 0. The SMILES string of the molecule is C=CCC1CO1.C=CCC1CO1.C=CCC1CO1. The fourth-order valence-corrected chi connectivity index (χ4v) is 1.17. The molecule has 0 aromatic carbocycles. The largest absolute Gasteiger partial charge is 0.373 e. The summed E-state index contributed by atoms with van der Waals surface area (Å²) >= 11 is 0. The molecule has 3 heterocycles. The molecule has 0 amide bonds. The van der Waals surface area contributed by atoms with Crippen LogP contribution in [0.1, 0.15) is 19.3 Å². The Kier molecular flexibility index (Phi) is 7.65. The average molecular weight is 252 g/mol. The smallest absolute Gasteiger partial charge is 0.0844 e. The minimum absolute atomic E-state index is 0.530. The third-order valence-electron chi connectivity index (χ3n) is 2.50. The molecule has 0 saturated carbocycles. The van der Waals surface area contributed by atoms with E-state index >= 15 is 0 Å². The first-order valence-corrected chi connectivity index (χ1v) is 6.47. The Morgan fingerprint density at radius 1 is 0.667 bits per heavy atom. The van der Waals surface area contributed by atoms with Crippen LogP contribution in [-0.4, -0.2) is 38.1 Å². The molecule has 0 radical (unpaired) electrons. The molecule has 3 aliphatic rings. The van der Waals surface area contributed by atoms with Crippen LogP contribution in [0.4, 0.5) is 0 Å². The lowest BCUT2D eigenvalue weighted by atomic mass is 10.3. The molecule has 0 N–H and O–H groups in total. The zero-order chi connectivity index (χ0) is 13.2. The normalized spacial score (nSPS) is 29.7. The monoisotopic (exact) mass is 252 g/mol. The summed E-state index contributed by atoms with van der Waals surface area (Å²) in [5.74, 6) is 0. The van der Waals surface area contributed by atoms with E-state index in [0.717, 1.165) is 39.1 Å². The molecule has 0 aromatic rings. The molecule has 0 aromatic heterocycles. The third-order valence-corrected chi connectivity index (χ3v) is 2.50. The van der Waals surface area contributed by atoms with Gasteiger partial charge in [-0.15, -0.1) is 19.7 Å². The number of ether oxygens (including phenoxy) is 3. The Morgan fingerprint density at radius 2 is 0.889 bits per heavy atom. The van der Waals surface area contributed by atoms with Crippen molar-refractivity contribution in [3.63, 3.8) is 0 Å². The second-order valence-electron chi connectivity index (χ2n) is 4.44. The lowest BCUT2D eigenvalue weighted by Gasteiger charge is -1.73. The summed E-state index contributed by atoms with van der Waals surface area (Å²) < 4.78 is 14.6. The molecule has 18 heavy (non-hydrogen) atoms. The van der Waals surface area contributed by atoms with Gasteiger partial charge in [-0.25, -0.2) is 0 Å². The maximum Gasteiger partial charge on any atom is 0.0844 e. The van der Waals surface area contributed by atoms with Gasteiger partial charge in [0.25, 0.3) is 0 Å². The molecule has 3 unspecified atom stereocenters. The van der Waals surface area contributed by atoms with Gasteiger partial charge in [0.05, 0.1) is 38.1 Å². The van der Waals surface area contributed by atoms with Crippen molar-refractivity contribution in [3.8, 4) is 0 Å². The molecule has 102 valence electrons. The van der Waals surface area contributed by atoms with E-state index < -0.39 is 0 Å². The van der Waals surface area contributed by atoms with Crippen LogP contribution in [-0.2, 0) is 14.2 Å². The lowest BCUT2D eigenvalue weighted by molar-refractivity contribution is 0.410. The van der Waals surface area contributed by atoms with E-state index in [4.69, 9.17) is 14.2 Å². The first-order chi connectivity index (χ1) is 8.80. The van der Waals surface area contributed by atoms with Crippen LogP contribution < -0.4 is 0 Å². The van der Waals surface area contributed by atoms with Gasteiger partial charge in [0.2, 0.25) is 0 Å². The molecule has 0 spiro atoms. The molecule has 3 heteroatoms. The molecule has 3 aliphatic heterocycles. The number of epoxide rings is 3. The van der Waals surface area contributed by atoms with Gasteiger partial charge in [-0.1, -0.05) is 18.2 Å². The zero-order valence-corrected chi connectivity index (χ0v) is 11.1. The Balaban J connectivity index is 0.000000135. The number of hydrogen-bond donors (Lipinski definition) is 0. The van der Waals surface area contributed by atoms with Crippen molar-refractivity contribution in [1.29, 1.82) is 0 Å². The summed E-state index contributed by atoms with van der Waals surface area (Å²) in [6, 6.07) is 0. The van der Waals surface area contributed by atoms with Crippen molar-refractivity contribution in [3.05, 3.63) is 38.0 Å². The highest BCUT2D eigenvalue weighted by atomic mass is 16.6. The van der Waals surface area contributed by atoms with Crippen LogP contribution in [0.15, 0.2) is 38.0 Å². The van der Waals surface area contributed by atoms with Crippen LogP contribution >= 0.6 is 0 Å². The molecule has 0 aliphatic carbocycles. The van der Waals surface area contributed by atoms with Gasteiger partial charge < -0.3 is 14.2 Å².